The number of hydrogen-bond acceptors (Lipinski definition) is 6. The Morgan fingerprint density at radius 1 is 1.14 bits per heavy atom. The maximum absolute atomic E-state index is 12.6. The summed E-state index contributed by atoms with van der Waals surface area (Å²) in [5.41, 5.74) is 1.62. The number of ketones is 1. The summed E-state index contributed by atoms with van der Waals surface area (Å²) in [6, 6.07) is 12.9. The van der Waals surface area contributed by atoms with Gasteiger partial charge in [0, 0.05) is 17.0 Å². The van der Waals surface area contributed by atoms with Gasteiger partial charge in [-0.15, -0.1) is 0 Å². The highest BCUT2D eigenvalue weighted by Crippen LogP contribution is 2.37. The maximum atomic E-state index is 12.6. The first-order valence-electron chi connectivity index (χ1n) is 9.35. The molecule has 1 unspecified atom stereocenters. The van der Waals surface area contributed by atoms with Crippen LogP contribution in [0.15, 0.2) is 46.9 Å². The summed E-state index contributed by atoms with van der Waals surface area (Å²) < 4.78 is 16.6. The number of hydrogen-bond donors (Lipinski definition) is 1. The van der Waals surface area contributed by atoms with Gasteiger partial charge in [-0.1, -0.05) is 18.2 Å². The van der Waals surface area contributed by atoms with E-state index in [4.69, 9.17) is 13.9 Å². The molecule has 0 aliphatic carbocycles. The number of benzene rings is 2. The fourth-order valence-electron chi connectivity index (χ4n) is 3.32. The van der Waals surface area contributed by atoms with E-state index in [-0.39, 0.29) is 31.1 Å². The van der Waals surface area contributed by atoms with Crippen molar-refractivity contribution in [1.29, 1.82) is 0 Å². The van der Waals surface area contributed by atoms with Crippen molar-refractivity contribution < 1.29 is 23.5 Å². The van der Waals surface area contributed by atoms with Crippen LogP contribution in [0.2, 0.25) is 0 Å². The second kappa shape index (κ2) is 7.60. The number of anilines is 1. The summed E-state index contributed by atoms with van der Waals surface area (Å²) >= 11 is 0. The third-order valence-electron chi connectivity index (χ3n) is 5.08. The first-order chi connectivity index (χ1) is 13.9. The molecule has 3 aromatic rings. The van der Waals surface area contributed by atoms with Crippen molar-refractivity contribution in [2.75, 3.05) is 25.7 Å². The SMILES string of the molecule is CC(=O)c1cc2c(cc1NC(=O)CN(C)C(C)c1cc3ccccc3o1)OCO2. The first kappa shape index (κ1) is 19.0. The van der Waals surface area contributed by atoms with Gasteiger partial charge in [0.05, 0.1) is 18.3 Å². The van der Waals surface area contributed by atoms with E-state index in [9.17, 15) is 9.59 Å². The zero-order chi connectivity index (χ0) is 20.5. The number of likely N-dealkylation sites (N-methyl/N-ethyl adjacent to an activating group) is 1. The van der Waals surface area contributed by atoms with Crippen molar-refractivity contribution in [3.05, 3.63) is 53.8 Å². The number of ether oxygens (including phenoxy) is 2. The molecular weight excluding hydrogens is 372 g/mol. The van der Waals surface area contributed by atoms with Crippen LogP contribution in [0, 0.1) is 0 Å². The third kappa shape index (κ3) is 3.82. The minimum absolute atomic E-state index is 0.0990. The summed E-state index contributed by atoms with van der Waals surface area (Å²) in [4.78, 5) is 26.5. The highest BCUT2D eigenvalue weighted by atomic mass is 16.7. The average Bonchev–Trinajstić information content (AvgIpc) is 3.32. The minimum atomic E-state index is -0.239. The monoisotopic (exact) mass is 394 g/mol. The first-order valence-corrected chi connectivity index (χ1v) is 9.35. The van der Waals surface area contributed by atoms with E-state index in [1.165, 1.54) is 6.92 Å². The van der Waals surface area contributed by atoms with Gasteiger partial charge < -0.3 is 19.2 Å². The molecule has 0 saturated heterocycles. The Bertz CT molecular complexity index is 1050. The van der Waals surface area contributed by atoms with E-state index in [0.29, 0.717) is 22.7 Å². The zero-order valence-electron chi connectivity index (χ0n) is 16.5. The summed E-state index contributed by atoms with van der Waals surface area (Å²) in [6.07, 6.45) is 0. The number of rotatable bonds is 6. The predicted molar refractivity (Wildman–Crippen MR) is 108 cm³/mol. The maximum Gasteiger partial charge on any atom is 0.238 e. The van der Waals surface area contributed by atoms with Gasteiger partial charge in [0.25, 0.3) is 0 Å². The number of fused-ring (bicyclic) bond motifs is 2. The second-order valence-corrected chi connectivity index (χ2v) is 7.13. The molecule has 0 bridgehead atoms. The molecule has 0 spiro atoms. The van der Waals surface area contributed by atoms with Crippen molar-refractivity contribution in [3.8, 4) is 11.5 Å². The molecular formula is C22H22N2O5. The van der Waals surface area contributed by atoms with Gasteiger partial charge in [0.2, 0.25) is 12.7 Å². The van der Waals surface area contributed by atoms with E-state index < -0.39 is 0 Å². The zero-order valence-corrected chi connectivity index (χ0v) is 16.5. The normalized spacial score (nSPS) is 13.7. The molecule has 29 heavy (non-hydrogen) atoms. The minimum Gasteiger partial charge on any atom is -0.459 e. The lowest BCUT2D eigenvalue weighted by atomic mass is 10.1. The van der Waals surface area contributed by atoms with Crippen LogP contribution in [0.4, 0.5) is 5.69 Å². The Balaban J connectivity index is 1.47. The summed E-state index contributed by atoms with van der Waals surface area (Å²) in [5, 5.41) is 3.84. The van der Waals surface area contributed by atoms with Crippen LogP contribution in [0.5, 0.6) is 11.5 Å². The molecule has 1 aliphatic heterocycles. The second-order valence-electron chi connectivity index (χ2n) is 7.13. The van der Waals surface area contributed by atoms with Crippen LogP contribution in [0.25, 0.3) is 11.0 Å². The molecule has 150 valence electrons. The molecule has 1 amide bonds. The number of nitrogens with one attached hydrogen (secondary N) is 1. The number of furan rings is 1. The molecule has 0 fully saturated rings. The molecule has 2 heterocycles. The lowest BCUT2D eigenvalue weighted by Gasteiger charge is -2.22. The summed E-state index contributed by atoms with van der Waals surface area (Å²) in [7, 11) is 1.85. The highest BCUT2D eigenvalue weighted by molar-refractivity contribution is 6.05. The van der Waals surface area contributed by atoms with Crippen LogP contribution in [-0.2, 0) is 4.79 Å². The van der Waals surface area contributed by atoms with Crippen LogP contribution in [0.1, 0.15) is 36.0 Å². The molecule has 7 nitrogen and oxygen atoms in total. The number of para-hydroxylation sites is 1. The summed E-state index contributed by atoms with van der Waals surface area (Å²) in [5.74, 6) is 1.39. The van der Waals surface area contributed by atoms with Crippen molar-refractivity contribution in [2.24, 2.45) is 0 Å². The Hall–Kier alpha value is -3.32. The standard InChI is InChI=1S/C22H22N2O5/c1-13(19-8-15-6-4-5-7-18(15)29-19)24(3)11-22(26)23-17-10-21-20(27-12-28-21)9-16(17)14(2)25/h4-10,13H,11-12H2,1-3H3,(H,23,26). The molecule has 1 N–H and O–H groups in total. The third-order valence-corrected chi connectivity index (χ3v) is 5.08. The Morgan fingerprint density at radius 3 is 2.59 bits per heavy atom. The number of carbonyl (C=O) groups excluding carboxylic acids is 2. The van der Waals surface area contributed by atoms with E-state index >= 15 is 0 Å². The number of carbonyl (C=O) groups is 2. The van der Waals surface area contributed by atoms with E-state index in [1.54, 1.807) is 12.1 Å². The van der Waals surface area contributed by atoms with Crippen molar-refractivity contribution in [3.63, 3.8) is 0 Å². The molecule has 0 saturated carbocycles. The van der Waals surface area contributed by atoms with Crippen LogP contribution in [0.3, 0.4) is 0 Å². The van der Waals surface area contributed by atoms with Gasteiger partial charge in [-0.2, -0.15) is 0 Å². The lowest BCUT2D eigenvalue weighted by molar-refractivity contribution is -0.117. The molecule has 1 aliphatic rings. The van der Waals surface area contributed by atoms with E-state index in [2.05, 4.69) is 5.32 Å². The van der Waals surface area contributed by atoms with Gasteiger partial charge in [-0.05, 0) is 39.1 Å². The molecule has 0 radical (unpaired) electrons. The van der Waals surface area contributed by atoms with Crippen molar-refractivity contribution in [2.45, 2.75) is 19.9 Å². The predicted octanol–water partition coefficient (Wildman–Crippen LogP) is 4.00. The summed E-state index contributed by atoms with van der Waals surface area (Å²) in [6.45, 7) is 3.65. The fourth-order valence-corrected chi connectivity index (χ4v) is 3.32. The molecule has 1 atom stereocenters. The van der Waals surface area contributed by atoms with Crippen LogP contribution >= 0.6 is 0 Å². The van der Waals surface area contributed by atoms with Crippen molar-refractivity contribution >= 4 is 28.3 Å². The van der Waals surface area contributed by atoms with Crippen molar-refractivity contribution in [1.82, 2.24) is 4.90 Å². The topological polar surface area (TPSA) is 81.0 Å². The van der Waals surface area contributed by atoms with Crippen LogP contribution < -0.4 is 14.8 Å². The molecule has 7 heteroatoms. The quantitative estimate of drug-likeness (QED) is 0.637. The molecule has 1 aromatic heterocycles. The average molecular weight is 394 g/mol. The number of amides is 1. The Labute approximate surface area is 168 Å². The smallest absolute Gasteiger partial charge is 0.238 e. The largest absolute Gasteiger partial charge is 0.459 e. The van der Waals surface area contributed by atoms with E-state index in [0.717, 1.165) is 16.7 Å². The lowest BCUT2D eigenvalue weighted by Crippen LogP contribution is -2.32. The molecule has 4 rings (SSSR count). The fraction of sp³-hybridized carbons (Fsp3) is 0.273. The van der Waals surface area contributed by atoms with Gasteiger partial charge in [-0.3, -0.25) is 14.5 Å². The van der Waals surface area contributed by atoms with Crippen LogP contribution in [-0.4, -0.2) is 37.0 Å². The van der Waals surface area contributed by atoms with Gasteiger partial charge >= 0.3 is 0 Å². The van der Waals surface area contributed by atoms with Gasteiger partial charge in [-0.25, -0.2) is 0 Å². The number of Topliss-reactive ketones (excluding diaryl/α,β-unsaturated/α-hetero) is 1. The number of nitrogens with zero attached hydrogens (tertiary/aromatic N) is 1. The van der Waals surface area contributed by atoms with Gasteiger partial charge in [0.1, 0.15) is 11.3 Å². The molecule has 2 aromatic carbocycles. The Morgan fingerprint density at radius 2 is 1.86 bits per heavy atom. The van der Waals surface area contributed by atoms with E-state index in [1.807, 2.05) is 49.2 Å². The Kier molecular flexibility index (Phi) is 4.98. The highest BCUT2D eigenvalue weighted by Gasteiger charge is 2.22. The van der Waals surface area contributed by atoms with Gasteiger partial charge in [0.15, 0.2) is 17.3 Å².